The fourth-order valence-electron chi connectivity index (χ4n) is 1.23. The Kier molecular flexibility index (Phi) is 3.34. The number of aromatic nitrogens is 2. The van der Waals surface area contributed by atoms with E-state index in [9.17, 15) is 17.1 Å². The fourth-order valence-corrected chi connectivity index (χ4v) is 2.27. The van der Waals surface area contributed by atoms with Crippen molar-refractivity contribution >= 4 is 33.4 Å². The first-order valence-electron chi connectivity index (χ1n) is 4.61. The molecule has 0 atom stereocenters. The molecule has 0 saturated carbocycles. The highest BCUT2D eigenvalue weighted by Gasteiger charge is 2.19. The first-order chi connectivity index (χ1) is 8.48. The van der Waals surface area contributed by atoms with Crippen molar-refractivity contribution in [3.05, 3.63) is 35.3 Å². The van der Waals surface area contributed by atoms with Crippen LogP contribution in [0, 0.1) is 0 Å². The highest BCUT2D eigenvalue weighted by atomic mass is 32.3. The van der Waals surface area contributed by atoms with Crippen LogP contribution in [0.25, 0.3) is 0 Å². The molecule has 2 aromatic rings. The fraction of sp³-hybridized carbons (Fsp3) is 0. The predicted octanol–water partition coefficient (Wildman–Crippen LogP) is 1.45. The Labute approximate surface area is 106 Å². The summed E-state index contributed by atoms with van der Waals surface area (Å²) in [7, 11) is -4.89. The van der Waals surface area contributed by atoms with Crippen molar-refractivity contribution < 1.29 is 17.1 Å². The van der Waals surface area contributed by atoms with Crippen LogP contribution < -0.4 is 5.32 Å². The van der Waals surface area contributed by atoms with Crippen LogP contribution >= 0.6 is 11.5 Å². The average molecular weight is 287 g/mol. The summed E-state index contributed by atoms with van der Waals surface area (Å²) in [4.78, 5) is 11.3. The third-order valence-corrected chi connectivity index (χ3v) is 3.53. The van der Waals surface area contributed by atoms with Gasteiger partial charge in [-0.1, -0.05) is 16.6 Å². The number of nitrogens with zero attached hydrogens (tertiary/aromatic N) is 2. The summed E-state index contributed by atoms with van der Waals surface area (Å²) in [6, 6.07) is 5.19. The second-order valence-electron chi connectivity index (χ2n) is 3.17. The lowest BCUT2D eigenvalue weighted by atomic mass is 10.3. The number of anilines is 1. The third kappa shape index (κ3) is 2.68. The highest BCUT2D eigenvalue weighted by molar-refractivity contribution is 7.86. The number of nitrogens with one attached hydrogen (secondary N) is 1. The first-order valence-corrected chi connectivity index (χ1v) is 6.76. The molecular weight excluding hydrogens is 281 g/mol. The minimum absolute atomic E-state index is 0.126. The summed E-state index contributed by atoms with van der Waals surface area (Å²) in [6.07, 6.45) is 1.23. The quantitative estimate of drug-likeness (QED) is 0.863. The zero-order valence-corrected chi connectivity index (χ0v) is 10.3. The normalized spacial score (nSPS) is 11.2. The summed E-state index contributed by atoms with van der Waals surface area (Å²) in [6.45, 7) is 0. The lowest BCUT2D eigenvalue weighted by molar-refractivity contribution is 0.103. The number of carbonyl (C=O) groups excluding carboxylic acids is 1. The van der Waals surface area contributed by atoms with Gasteiger partial charge < -0.3 is 5.32 Å². The highest BCUT2D eigenvalue weighted by Crippen LogP contribution is 2.23. The zero-order chi connectivity index (χ0) is 13.2. The molecule has 1 aromatic heterocycles. The molecule has 0 bridgehead atoms. The molecule has 18 heavy (non-hydrogen) atoms. The van der Waals surface area contributed by atoms with Crippen LogP contribution in [-0.4, -0.2) is 23.9 Å². The molecule has 0 radical (unpaired) electrons. The van der Waals surface area contributed by atoms with E-state index in [4.69, 9.17) is 0 Å². The van der Waals surface area contributed by atoms with Gasteiger partial charge in [0.05, 0.1) is 11.9 Å². The molecule has 0 aliphatic heterocycles. The SMILES string of the molecule is O=C(Nc1ccccc1S(=O)(=O)F)c1cnns1. The second-order valence-corrected chi connectivity index (χ2v) is 5.27. The molecular formula is C9H6FN3O3S2. The Morgan fingerprint density at radius 3 is 2.67 bits per heavy atom. The van der Waals surface area contributed by atoms with E-state index in [2.05, 4.69) is 14.9 Å². The Morgan fingerprint density at radius 1 is 1.33 bits per heavy atom. The van der Waals surface area contributed by atoms with Crippen molar-refractivity contribution in [1.29, 1.82) is 0 Å². The first kappa shape index (κ1) is 12.6. The molecule has 0 aliphatic carbocycles. The number of para-hydroxylation sites is 1. The van der Waals surface area contributed by atoms with Crippen molar-refractivity contribution in [3.8, 4) is 0 Å². The predicted molar refractivity (Wildman–Crippen MR) is 62.6 cm³/mol. The number of carbonyl (C=O) groups is 1. The zero-order valence-electron chi connectivity index (χ0n) is 8.70. The molecule has 1 heterocycles. The van der Waals surface area contributed by atoms with Gasteiger partial charge in [-0.25, -0.2) is 0 Å². The number of hydrogen-bond acceptors (Lipinski definition) is 6. The molecule has 2 rings (SSSR count). The summed E-state index contributed by atoms with van der Waals surface area (Å²) in [5, 5.41) is 5.76. The van der Waals surface area contributed by atoms with E-state index in [-0.39, 0.29) is 10.6 Å². The summed E-state index contributed by atoms with van der Waals surface area (Å²) >= 11 is 0.847. The van der Waals surface area contributed by atoms with Crippen LogP contribution in [-0.2, 0) is 10.2 Å². The second kappa shape index (κ2) is 4.78. The number of rotatable bonds is 3. The van der Waals surface area contributed by atoms with Gasteiger partial charge in [-0.2, -0.15) is 8.42 Å². The number of amides is 1. The van der Waals surface area contributed by atoms with Crippen molar-refractivity contribution in [2.24, 2.45) is 0 Å². The topological polar surface area (TPSA) is 89.0 Å². The minimum Gasteiger partial charge on any atom is -0.320 e. The Balaban J connectivity index is 2.33. The Hall–Kier alpha value is -1.87. The van der Waals surface area contributed by atoms with Gasteiger partial charge in [0.25, 0.3) is 5.91 Å². The Morgan fingerprint density at radius 2 is 2.06 bits per heavy atom. The maximum atomic E-state index is 13.0. The van der Waals surface area contributed by atoms with Crippen LogP contribution in [0.5, 0.6) is 0 Å². The van der Waals surface area contributed by atoms with Crippen molar-refractivity contribution in [3.63, 3.8) is 0 Å². The van der Waals surface area contributed by atoms with Gasteiger partial charge in [0, 0.05) is 0 Å². The van der Waals surface area contributed by atoms with E-state index in [1.165, 1.54) is 24.4 Å². The average Bonchev–Trinajstić information content (AvgIpc) is 2.81. The van der Waals surface area contributed by atoms with Crippen LogP contribution in [0.2, 0.25) is 0 Å². The molecule has 94 valence electrons. The lowest BCUT2D eigenvalue weighted by Gasteiger charge is -2.06. The maximum absolute atomic E-state index is 13.0. The smallest absolute Gasteiger partial charge is 0.320 e. The van der Waals surface area contributed by atoms with Gasteiger partial charge in [-0.3, -0.25) is 4.79 Å². The minimum atomic E-state index is -4.89. The number of benzene rings is 1. The lowest BCUT2D eigenvalue weighted by Crippen LogP contribution is -2.12. The molecule has 6 nitrogen and oxygen atoms in total. The number of hydrogen-bond donors (Lipinski definition) is 1. The molecule has 0 spiro atoms. The van der Waals surface area contributed by atoms with E-state index in [0.717, 1.165) is 17.6 Å². The van der Waals surface area contributed by atoms with E-state index in [0.29, 0.717) is 0 Å². The molecule has 9 heteroatoms. The summed E-state index contributed by atoms with van der Waals surface area (Å²) in [5.41, 5.74) is -0.126. The van der Waals surface area contributed by atoms with E-state index < -0.39 is 21.0 Å². The molecule has 0 saturated heterocycles. The van der Waals surface area contributed by atoms with Crippen molar-refractivity contribution in [2.75, 3.05) is 5.32 Å². The van der Waals surface area contributed by atoms with Crippen LogP contribution in [0.15, 0.2) is 35.4 Å². The monoisotopic (exact) mass is 287 g/mol. The molecule has 0 unspecified atom stereocenters. The van der Waals surface area contributed by atoms with E-state index in [1.807, 2.05) is 0 Å². The van der Waals surface area contributed by atoms with Crippen LogP contribution in [0.4, 0.5) is 9.57 Å². The van der Waals surface area contributed by atoms with Crippen molar-refractivity contribution in [2.45, 2.75) is 4.90 Å². The summed E-state index contributed by atoms with van der Waals surface area (Å²) in [5.74, 6) is -0.596. The van der Waals surface area contributed by atoms with Gasteiger partial charge in [-0.05, 0) is 23.7 Å². The van der Waals surface area contributed by atoms with E-state index >= 15 is 0 Å². The van der Waals surface area contributed by atoms with Gasteiger partial charge in [-0.15, -0.1) is 8.98 Å². The summed E-state index contributed by atoms with van der Waals surface area (Å²) < 4.78 is 38.2. The van der Waals surface area contributed by atoms with Gasteiger partial charge >= 0.3 is 10.2 Å². The van der Waals surface area contributed by atoms with Gasteiger partial charge in [0.15, 0.2) is 0 Å². The standard InChI is InChI=1S/C9H6FN3O3S2/c10-18(15,16)8-4-2-1-3-6(8)12-9(14)7-5-11-13-17-7/h1-5H,(H,12,14). The van der Waals surface area contributed by atoms with Gasteiger partial charge in [0.1, 0.15) is 9.77 Å². The van der Waals surface area contributed by atoms with E-state index in [1.54, 1.807) is 0 Å². The van der Waals surface area contributed by atoms with Crippen molar-refractivity contribution in [1.82, 2.24) is 9.59 Å². The third-order valence-electron chi connectivity index (χ3n) is 1.98. The number of halogens is 1. The molecule has 1 N–H and O–H groups in total. The van der Waals surface area contributed by atoms with Gasteiger partial charge in [0.2, 0.25) is 0 Å². The molecule has 1 aromatic carbocycles. The molecule has 0 aliphatic rings. The largest absolute Gasteiger partial charge is 0.334 e. The van der Waals surface area contributed by atoms with Crippen LogP contribution in [0.1, 0.15) is 9.67 Å². The molecule has 0 fully saturated rings. The Bertz CT molecular complexity index is 670. The maximum Gasteiger partial charge on any atom is 0.334 e. The van der Waals surface area contributed by atoms with Crippen LogP contribution in [0.3, 0.4) is 0 Å². The molecule has 1 amide bonds.